The predicted octanol–water partition coefficient (Wildman–Crippen LogP) is 4.89. The first-order valence-electron chi connectivity index (χ1n) is 12.3. The standard InChI is InChI=1S/C31H26N2O3S/c1-3-18-36-26-11-7-5-9-22(26)19-27-30(34)33-29(21-12-15-23(35-2)16-13-21)25-17-14-20-8-4-6-10-24(20)28(25)32-31(33)37-27/h3-13,15-16,19,29H,1,14,17-18H2,2H3/b27-19-/t29-/m0/s1. The molecule has 0 radical (unpaired) electrons. The molecule has 5 nitrogen and oxygen atoms in total. The maximum absolute atomic E-state index is 13.9. The van der Waals surface area contributed by atoms with Crippen molar-refractivity contribution < 1.29 is 9.47 Å². The van der Waals surface area contributed by atoms with E-state index in [0.717, 1.165) is 41.0 Å². The van der Waals surface area contributed by atoms with Crippen molar-refractivity contribution in [3.63, 3.8) is 0 Å². The molecule has 1 aliphatic carbocycles. The minimum Gasteiger partial charge on any atom is -0.497 e. The molecule has 1 aliphatic heterocycles. The van der Waals surface area contributed by atoms with Gasteiger partial charge in [-0.3, -0.25) is 9.36 Å². The minimum atomic E-state index is -0.222. The monoisotopic (exact) mass is 506 g/mol. The number of thiazole rings is 1. The highest BCUT2D eigenvalue weighted by atomic mass is 32.1. The average Bonchev–Trinajstić information content (AvgIpc) is 3.25. The highest BCUT2D eigenvalue weighted by Gasteiger charge is 2.32. The Morgan fingerprint density at radius 1 is 1.05 bits per heavy atom. The number of hydrogen-bond donors (Lipinski definition) is 0. The van der Waals surface area contributed by atoms with Gasteiger partial charge in [-0.1, -0.05) is 78.6 Å². The van der Waals surface area contributed by atoms with Gasteiger partial charge in [0.25, 0.3) is 5.56 Å². The van der Waals surface area contributed by atoms with Crippen LogP contribution >= 0.6 is 11.3 Å². The second kappa shape index (κ2) is 9.71. The van der Waals surface area contributed by atoms with Crippen LogP contribution in [0.2, 0.25) is 0 Å². The Labute approximate surface area is 219 Å². The highest BCUT2D eigenvalue weighted by Crippen LogP contribution is 2.41. The molecule has 6 heteroatoms. The average molecular weight is 507 g/mol. The molecule has 0 saturated carbocycles. The van der Waals surface area contributed by atoms with Crippen LogP contribution in [-0.2, 0) is 6.42 Å². The molecule has 0 N–H and O–H groups in total. The smallest absolute Gasteiger partial charge is 0.271 e. The van der Waals surface area contributed by atoms with Crippen molar-refractivity contribution in [1.82, 2.24) is 4.57 Å². The fourth-order valence-electron chi connectivity index (χ4n) is 5.13. The molecule has 0 amide bonds. The van der Waals surface area contributed by atoms with Crippen LogP contribution in [0, 0.1) is 0 Å². The van der Waals surface area contributed by atoms with Crippen LogP contribution in [0.4, 0.5) is 0 Å². The minimum absolute atomic E-state index is 0.0477. The molecule has 3 aromatic carbocycles. The lowest BCUT2D eigenvalue weighted by atomic mass is 9.83. The summed E-state index contributed by atoms with van der Waals surface area (Å²) in [6.45, 7) is 4.13. The molecule has 184 valence electrons. The molecule has 2 aliphatic rings. The lowest BCUT2D eigenvalue weighted by Crippen LogP contribution is -2.38. The van der Waals surface area contributed by atoms with Gasteiger partial charge in [0.1, 0.15) is 18.1 Å². The Morgan fingerprint density at radius 3 is 2.65 bits per heavy atom. The number of rotatable bonds is 6. The number of ether oxygens (including phenoxy) is 2. The fraction of sp³-hybridized carbons (Fsp3) is 0.161. The second-order valence-corrected chi connectivity index (χ2v) is 10.0. The molecule has 37 heavy (non-hydrogen) atoms. The molecule has 0 bridgehead atoms. The lowest BCUT2D eigenvalue weighted by Gasteiger charge is -2.30. The SMILES string of the molecule is C=CCOc1ccccc1/C=c1\sc2n(c1=O)[C@@H](c1ccc(OC)cc1)C1=C(N=2)c2ccccc2CC1. The van der Waals surface area contributed by atoms with E-state index >= 15 is 0 Å². The number of aromatic nitrogens is 1. The molecule has 4 aromatic rings. The highest BCUT2D eigenvalue weighted by molar-refractivity contribution is 7.07. The van der Waals surface area contributed by atoms with Crippen molar-refractivity contribution in [2.75, 3.05) is 13.7 Å². The zero-order valence-corrected chi connectivity index (χ0v) is 21.3. The van der Waals surface area contributed by atoms with Crippen molar-refractivity contribution in [3.05, 3.63) is 133 Å². The van der Waals surface area contributed by atoms with E-state index in [-0.39, 0.29) is 11.6 Å². The maximum Gasteiger partial charge on any atom is 0.271 e. The van der Waals surface area contributed by atoms with Crippen LogP contribution in [0.5, 0.6) is 11.5 Å². The van der Waals surface area contributed by atoms with E-state index in [1.165, 1.54) is 22.5 Å². The van der Waals surface area contributed by atoms with Crippen LogP contribution in [0.1, 0.15) is 34.7 Å². The maximum atomic E-state index is 13.9. The van der Waals surface area contributed by atoms with E-state index in [1.54, 1.807) is 13.2 Å². The second-order valence-electron chi connectivity index (χ2n) is 9.02. The summed E-state index contributed by atoms with van der Waals surface area (Å²) in [6, 6.07) is 24.0. The van der Waals surface area contributed by atoms with Crippen molar-refractivity contribution in [2.24, 2.45) is 4.99 Å². The molecule has 1 aromatic heterocycles. The van der Waals surface area contributed by atoms with Gasteiger partial charge in [0.05, 0.1) is 23.4 Å². The number of para-hydroxylation sites is 1. The van der Waals surface area contributed by atoms with Crippen LogP contribution in [-0.4, -0.2) is 18.3 Å². The summed E-state index contributed by atoms with van der Waals surface area (Å²) in [6.07, 6.45) is 5.40. The van der Waals surface area contributed by atoms with E-state index in [2.05, 4.69) is 43.0 Å². The van der Waals surface area contributed by atoms with Gasteiger partial charge in [-0.05, 0) is 53.8 Å². The Bertz CT molecular complexity index is 1710. The van der Waals surface area contributed by atoms with Gasteiger partial charge in [0.2, 0.25) is 0 Å². The van der Waals surface area contributed by atoms with Gasteiger partial charge in [-0.15, -0.1) is 0 Å². The first-order valence-corrected chi connectivity index (χ1v) is 13.1. The van der Waals surface area contributed by atoms with Gasteiger partial charge < -0.3 is 9.47 Å². The van der Waals surface area contributed by atoms with Gasteiger partial charge in [-0.25, -0.2) is 4.99 Å². The van der Waals surface area contributed by atoms with Gasteiger partial charge >= 0.3 is 0 Å². The third-order valence-electron chi connectivity index (χ3n) is 6.87. The summed E-state index contributed by atoms with van der Waals surface area (Å²) >= 11 is 1.42. The van der Waals surface area contributed by atoms with Gasteiger partial charge in [0, 0.05) is 11.1 Å². The summed E-state index contributed by atoms with van der Waals surface area (Å²) in [7, 11) is 1.66. The third-order valence-corrected chi connectivity index (χ3v) is 7.85. The summed E-state index contributed by atoms with van der Waals surface area (Å²) in [4.78, 5) is 19.7. The number of hydrogen-bond acceptors (Lipinski definition) is 5. The molecule has 0 spiro atoms. The first kappa shape index (κ1) is 23.3. The number of nitrogens with zero attached hydrogens (tertiary/aromatic N) is 2. The Morgan fingerprint density at radius 2 is 1.84 bits per heavy atom. The van der Waals surface area contributed by atoms with E-state index in [0.29, 0.717) is 21.7 Å². The fourth-order valence-corrected chi connectivity index (χ4v) is 6.12. The summed E-state index contributed by atoms with van der Waals surface area (Å²) in [5.41, 5.74) is 6.47. The Hall–Kier alpha value is -4.16. The van der Waals surface area contributed by atoms with E-state index in [1.807, 2.05) is 47.0 Å². The van der Waals surface area contributed by atoms with Crippen LogP contribution in [0.3, 0.4) is 0 Å². The zero-order valence-electron chi connectivity index (χ0n) is 20.5. The van der Waals surface area contributed by atoms with Crippen molar-refractivity contribution in [1.29, 1.82) is 0 Å². The van der Waals surface area contributed by atoms with E-state index in [4.69, 9.17) is 14.5 Å². The van der Waals surface area contributed by atoms with Crippen LogP contribution < -0.4 is 24.4 Å². The van der Waals surface area contributed by atoms with Crippen molar-refractivity contribution >= 4 is 23.1 Å². The number of benzene rings is 3. The van der Waals surface area contributed by atoms with E-state index < -0.39 is 0 Å². The molecule has 0 unspecified atom stereocenters. The molecule has 0 fully saturated rings. The van der Waals surface area contributed by atoms with Gasteiger partial charge in [-0.2, -0.15) is 0 Å². The van der Waals surface area contributed by atoms with Gasteiger partial charge in [0.15, 0.2) is 4.80 Å². The normalized spacial score (nSPS) is 16.4. The zero-order chi connectivity index (χ0) is 25.4. The number of aryl methyl sites for hydroxylation is 1. The Kier molecular flexibility index (Phi) is 6.10. The predicted molar refractivity (Wildman–Crippen MR) is 148 cm³/mol. The lowest BCUT2D eigenvalue weighted by molar-refractivity contribution is 0.362. The molecule has 0 saturated heterocycles. The topological polar surface area (TPSA) is 52.8 Å². The quantitative estimate of drug-likeness (QED) is 0.350. The summed E-state index contributed by atoms with van der Waals surface area (Å²) < 4.78 is 13.7. The van der Waals surface area contributed by atoms with E-state index in [9.17, 15) is 4.79 Å². The first-order chi connectivity index (χ1) is 18.2. The number of fused-ring (bicyclic) bond motifs is 3. The molecular formula is C31H26N2O3S. The summed E-state index contributed by atoms with van der Waals surface area (Å²) in [5, 5.41) is 0. The third kappa shape index (κ3) is 4.13. The molecular weight excluding hydrogens is 480 g/mol. The van der Waals surface area contributed by atoms with Crippen molar-refractivity contribution in [3.8, 4) is 11.5 Å². The largest absolute Gasteiger partial charge is 0.497 e. The summed E-state index contributed by atoms with van der Waals surface area (Å²) in [5.74, 6) is 1.50. The Balaban J connectivity index is 1.57. The van der Waals surface area contributed by atoms with Crippen LogP contribution in [0.25, 0.3) is 11.8 Å². The van der Waals surface area contributed by atoms with Crippen molar-refractivity contribution in [2.45, 2.75) is 18.9 Å². The molecule has 6 rings (SSSR count). The van der Waals surface area contributed by atoms with Crippen LogP contribution in [0.15, 0.2) is 101 Å². The number of methoxy groups -OCH3 is 1. The molecule has 2 heterocycles. The molecule has 1 atom stereocenters. The number of allylic oxidation sites excluding steroid dienone is 1.